The number of nitrogens with one attached hydrogen (secondary N) is 1. The highest BCUT2D eigenvalue weighted by Crippen LogP contribution is 2.41. The van der Waals surface area contributed by atoms with Gasteiger partial charge in [0, 0.05) is 6.04 Å². The van der Waals surface area contributed by atoms with Gasteiger partial charge in [0.2, 0.25) is 0 Å². The summed E-state index contributed by atoms with van der Waals surface area (Å²) in [5.41, 5.74) is 1.02. The van der Waals surface area contributed by atoms with Crippen LogP contribution < -0.4 is 5.32 Å². The molecule has 0 aromatic heterocycles. The smallest absolute Gasteiger partial charge is 0.322 e. The van der Waals surface area contributed by atoms with Crippen LogP contribution in [0.1, 0.15) is 31.4 Å². The van der Waals surface area contributed by atoms with Gasteiger partial charge >= 0.3 is 5.97 Å². The van der Waals surface area contributed by atoms with Crippen LogP contribution in [0.4, 0.5) is 4.39 Å². The summed E-state index contributed by atoms with van der Waals surface area (Å²) < 4.78 is 17.6. The molecular formula is C14H18FNO2. The molecule has 0 bridgehead atoms. The van der Waals surface area contributed by atoms with Crippen molar-refractivity contribution in [3.63, 3.8) is 0 Å². The molecule has 4 heteroatoms. The second-order valence-electron chi connectivity index (χ2n) is 4.78. The molecule has 1 aliphatic carbocycles. The number of hydrogen-bond donors (Lipinski definition) is 1. The Morgan fingerprint density at radius 3 is 2.50 bits per heavy atom. The van der Waals surface area contributed by atoms with Crippen molar-refractivity contribution in [1.82, 2.24) is 5.32 Å². The number of esters is 1. The normalized spacial score (nSPS) is 18.2. The maximum absolute atomic E-state index is 12.9. The molecule has 0 heterocycles. The molecule has 2 rings (SSSR count). The lowest BCUT2D eigenvalue weighted by Gasteiger charge is -2.22. The molecule has 2 atom stereocenters. The van der Waals surface area contributed by atoms with Gasteiger partial charge in [0.1, 0.15) is 11.9 Å². The summed E-state index contributed by atoms with van der Waals surface area (Å²) in [6, 6.07) is 6.19. The Morgan fingerprint density at radius 2 is 2.00 bits per heavy atom. The van der Waals surface area contributed by atoms with Crippen molar-refractivity contribution < 1.29 is 13.9 Å². The zero-order chi connectivity index (χ0) is 13.1. The first-order valence-electron chi connectivity index (χ1n) is 6.21. The summed E-state index contributed by atoms with van der Waals surface area (Å²) in [6.07, 6.45) is 2.28. The van der Waals surface area contributed by atoms with Gasteiger partial charge in [-0.3, -0.25) is 10.1 Å². The first-order valence-corrected chi connectivity index (χ1v) is 6.21. The Morgan fingerprint density at radius 1 is 1.39 bits per heavy atom. The molecule has 1 aromatic carbocycles. The zero-order valence-electron chi connectivity index (χ0n) is 10.7. The molecule has 1 aromatic rings. The topological polar surface area (TPSA) is 38.3 Å². The van der Waals surface area contributed by atoms with Crippen molar-refractivity contribution >= 4 is 5.97 Å². The number of ether oxygens (including phenoxy) is 1. The lowest BCUT2D eigenvalue weighted by Crippen LogP contribution is -2.38. The average molecular weight is 251 g/mol. The number of carbonyl (C=O) groups excluding carboxylic acids is 1. The van der Waals surface area contributed by atoms with Crippen LogP contribution in [0.5, 0.6) is 0 Å². The van der Waals surface area contributed by atoms with E-state index in [-0.39, 0.29) is 23.9 Å². The molecule has 1 saturated carbocycles. The van der Waals surface area contributed by atoms with Crippen LogP contribution in [0.15, 0.2) is 24.3 Å². The maximum Gasteiger partial charge on any atom is 0.322 e. The molecule has 1 aliphatic rings. The van der Waals surface area contributed by atoms with E-state index in [1.807, 2.05) is 0 Å². The number of benzene rings is 1. The Labute approximate surface area is 106 Å². The second kappa shape index (κ2) is 5.48. The molecule has 1 unspecified atom stereocenters. The molecule has 3 nitrogen and oxygen atoms in total. The van der Waals surface area contributed by atoms with E-state index in [9.17, 15) is 9.18 Å². The van der Waals surface area contributed by atoms with Crippen LogP contribution in [0.3, 0.4) is 0 Å². The van der Waals surface area contributed by atoms with Crippen molar-refractivity contribution in [3.8, 4) is 0 Å². The largest absolute Gasteiger partial charge is 0.468 e. The average Bonchev–Trinajstić information content (AvgIpc) is 3.20. The molecule has 1 N–H and O–H groups in total. The van der Waals surface area contributed by atoms with Crippen LogP contribution >= 0.6 is 0 Å². The number of hydrogen-bond acceptors (Lipinski definition) is 3. The molecule has 0 amide bonds. The third-order valence-corrected chi connectivity index (χ3v) is 3.31. The van der Waals surface area contributed by atoms with Crippen LogP contribution in [0.25, 0.3) is 0 Å². The van der Waals surface area contributed by atoms with Crippen LogP contribution in [-0.4, -0.2) is 19.1 Å². The Hall–Kier alpha value is -1.42. The van der Waals surface area contributed by atoms with E-state index in [1.54, 1.807) is 19.1 Å². The fourth-order valence-electron chi connectivity index (χ4n) is 2.12. The highest BCUT2D eigenvalue weighted by molar-refractivity contribution is 5.75. The minimum absolute atomic E-state index is 0.0969. The first kappa shape index (κ1) is 13.0. The second-order valence-corrected chi connectivity index (χ2v) is 4.78. The number of methoxy groups -OCH3 is 1. The minimum Gasteiger partial charge on any atom is -0.468 e. The predicted molar refractivity (Wildman–Crippen MR) is 66.5 cm³/mol. The van der Waals surface area contributed by atoms with Gasteiger partial charge in [0.15, 0.2) is 0 Å². The van der Waals surface area contributed by atoms with Crippen LogP contribution in [0, 0.1) is 11.7 Å². The summed E-state index contributed by atoms with van der Waals surface area (Å²) in [7, 11) is 1.38. The highest BCUT2D eigenvalue weighted by atomic mass is 19.1. The predicted octanol–water partition coefficient (Wildman–Crippen LogP) is 2.43. The number of rotatable bonds is 5. The monoisotopic (exact) mass is 251 g/mol. The summed E-state index contributed by atoms with van der Waals surface area (Å²) >= 11 is 0. The van der Waals surface area contributed by atoms with E-state index in [0.29, 0.717) is 5.92 Å². The number of halogens is 1. The van der Waals surface area contributed by atoms with Crippen molar-refractivity contribution in [2.75, 3.05) is 7.11 Å². The van der Waals surface area contributed by atoms with Gasteiger partial charge in [-0.1, -0.05) is 12.1 Å². The lowest BCUT2D eigenvalue weighted by atomic mass is 10.0. The zero-order valence-corrected chi connectivity index (χ0v) is 10.7. The third-order valence-electron chi connectivity index (χ3n) is 3.31. The van der Waals surface area contributed by atoms with Crippen molar-refractivity contribution in [1.29, 1.82) is 0 Å². The lowest BCUT2D eigenvalue weighted by molar-refractivity contribution is -0.142. The standard InChI is InChI=1S/C14H18FNO2/c1-9(14(17)18-2)16-13(10-3-4-10)11-5-7-12(15)8-6-11/h5-10,13,16H,3-4H2,1-2H3/t9-,13?/m0/s1. The van der Waals surface area contributed by atoms with Gasteiger partial charge in [0.25, 0.3) is 0 Å². The quantitative estimate of drug-likeness (QED) is 0.817. The van der Waals surface area contributed by atoms with E-state index in [4.69, 9.17) is 4.74 Å². The van der Waals surface area contributed by atoms with Gasteiger partial charge in [0.05, 0.1) is 7.11 Å². The Bertz CT molecular complexity index is 414. The van der Waals surface area contributed by atoms with Gasteiger partial charge in [-0.25, -0.2) is 4.39 Å². The highest BCUT2D eigenvalue weighted by Gasteiger charge is 2.34. The van der Waals surface area contributed by atoms with E-state index in [2.05, 4.69) is 5.32 Å². The van der Waals surface area contributed by atoms with Crippen LogP contribution in [0.2, 0.25) is 0 Å². The molecule has 0 radical (unpaired) electrons. The van der Waals surface area contributed by atoms with Crippen molar-refractivity contribution in [2.45, 2.75) is 31.8 Å². The van der Waals surface area contributed by atoms with Gasteiger partial charge in [-0.15, -0.1) is 0 Å². The van der Waals surface area contributed by atoms with E-state index in [0.717, 1.165) is 18.4 Å². The molecule has 0 saturated heterocycles. The molecular weight excluding hydrogens is 233 g/mol. The molecule has 0 aliphatic heterocycles. The summed E-state index contributed by atoms with van der Waals surface area (Å²) in [5.74, 6) is 0.0136. The van der Waals surface area contributed by atoms with E-state index in [1.165, 1.54) is 19.2 Å². The number of carbonyl (C=O) groups is 1. The van der Waals surface area contributed by atoms with Gasteiger partial charge < -0.3 is 4.74 Å². The van der Waals surface area contributed by atoms with Crippen LogP contribution in [-0.2, 0) is 9.53 Å². The molecule has 18 heavy (non-hydrogen) atoms. The Balaban J connectivity index is 2.09. The summed E-state index contributed by atoms with van der Waals surface area (Å²) in [5, 5.41) is 3.27. The summed E-state index contributed by atoms with van der Waals surface area (Å²) in [6.45, 7) is 1.78. The first-order chi connectivity index (χ1) is 8.61. The van der Waals surface area contributed by atoms with E-state index < -0.39 is 0 Å². The fraction of sp³-hybridized carbons (Fsp3) is 0.500. The Kier molecular flexibility index (Phi) is 3.97. The SMILES string of the molecule is COC(=O)[C@H](C)NC(c1ccc(F)cc1)C1CC1. The van der Waals surface area contributed by atoms with E-state index >= 15 is 0 Å². The maximum atomic E-state index is 12.9. The van der Waals surface area contributed by atoms with Crippen molar-refractivity contribution in [2.24, 2.45) is 5.92 Å². The fourth-order valence-corrected chi connectivity index (χ4v) is 2.12. The van der Waals surface area contributed by atoms with Gasteiger partial charge in [-0.2, -0.15) is 0 Å². The summed E-state index contributed by atoms with van der Waals surface area (Å²) in [4.78, 5) is 11.4. The molecule has 1 fully saturated rings. The molecule has 0 spiro atoms. The minimum atomic E-state index is -0.356. The molecule has 98 valence electrons. The van der Waals surface area contributed by atoms with Gasteiger partial charge in [-0.05, 0) is 43.4 Å². The van der Waals surface area contributed by atoms with Crippen molar-refractivity contribution in [3.05, 3.63) is 35.6 Å². The third kappa shape index (κ3) is 3.07.